The molecule has 0 fully saturated rings. The second kappa shape index (κ2) is 5.65. The van der Waals surface area contributed by atoms with E-state index in [4.69, 9.17) is 4.84 Å². The van der Waals surface area contributed by atoms with Gasteiger partial charge in [-0.2, -0.15) is 0 Å². The minimum atomic E-state index is -1.01. The minimum Gasteiger partial charge on any atom is -0.379 e. The van der Waals surface area contributed by atoms with Gasteiger partial charge >= 0.3 is 6.04 Å². The Morgan fingerprint density at radius 1 is 1.10 bits per heavy atom. The summed E-state index contributed by atoms with van der Waals surface area (Å²) in [6.45, 7) is 0. The molecule has 2 aromatic carbocycles. The highest BCUT2D eigenvalue weighted by molar-refractivity contribution is 9.10. The summed E-state index contributed by atoms with van der Waals surface area (Å²) in [5, 5.41) is 15.4. The van der Waals surface area contributed by atoms with Crippen LogP contribution in [0.15, 0.2) is 64.2 Å². The largest absolute Gasteiger partial charge is 0.379 e. The van der Waals surface area contributed by atoms with Gasteiger partial charge in [0, 0.05) is 20.5 Å². The maximum absolute atomic E-state index is 11.5. The molecule has 0 saturated carbocycles. The van der Waals surface area contributed by atoms with Crippen molar-refractivity contribution in [1.29, 1.82) is 0 Å². The lowest BCUT2D eigenvalue weighted by Gasteiger charge is -2.12. The molecule has 106 valence electrons. The summed E-state index contributed by atoms with van der Waals surface area (Å²) in [7, 11) is 0. The second-order valence-corrected chi connectivity index (χ2v) is 5.57. The van der Waals surface area contributed by atoms with E-state index in [1.165, 1.54) is 0 Å². The van der Waals surface area contributed by atoms with E-state index in [-0.39, 0.29) is 4.92 Å². The van der Waals surface area contributed by atoms with E-state index in [0.29, 0.717) is 11.3 Å². The first-order valence-corrected chi connectivity index (χ1v) is 7.14. The third-order valence-electron chi connectivity index (χ3n) is 3.33. The summed E-state index contributed by atoms with van der Waals surface area (Å²) in [6.07, 6.45) is -0.705. The maximum atomic E-state index is 11.5. The molecule has 0 N–H and O–H groups in total. The molecule has 2 atom stereocenters. The van der Waals surface area contributed by atoms with Crippen molar-refractivity contribution >= 4 is 21.6 Å². The number of benzene rings is 2. The van der Waals surface area contributed by atoms with Gasteiger partial charge in [0.2, 0.25) is 6.10 Å². The van der Waals surface area contributed by atoms with Crippen molar-refractivity contribution in [3.63, 3.8) is 0 Å². The Hall–Kier alpha value is -2.21. The molecule has 0 aromatic heterocycles. The smallest absolute Gasteiger partial charge is 0.301 e. The molecule has 21 heavy (non-hydrogen) atoms. The molecule has 0 radical (unpaired) electrons. The summed E-state index contributed by atoms with van der Waals surface area (Å²) in [6, 6.07) is 15.3. The number of nitrogens with zero attached hydrogens (tertiary/aromatic N) is 2. The van der Waals surface area contributed by atoms with Gasteiger partial charge in [0.25, 0.3) is 0 Å². The Morgan fingerprint density at radius 2 is 1.76 bits per heavy atom. The van der Waals surface area contributed by atoms with E-state index < -0.39 is 12.1 Å². The number of hydrogen-bond acceptors (Lipinski definition) is 4. The van der Waals surface area contributed by atoms with Crippen molar-refractivity contribution in [2.45, 2.75) is 12.1 Å². The third-order valence-corrected chi connectivity index (χ3v) is 3.86. The SMILES string of the molecule is O=[N+]([O-])C1C(c2ccccc2)=NOC1c1ccc(Br)cc1. The van der Waals surface area contributed by atoms with Crippen LogP contribution >= 0.6 is 15.9 Å². The molecule has 0 amide bonds. The number of rotatable bonds is 3. The highest BCUT2D eigenvalue weighted by atomic mass is 79.9. The molecule has 2 aromatic rings. The van der Waals surface area contributed by atoms with Crippen LogP contribution in [0.2, 0.25) is 0 Å². The first-order valence-electron chi connectivity index (χ1n) is 6.35. The number of hydrogen-bond donors (Lipinski definition) is 0. The summed E-state index contributed by atoms with van der Waals surface area (Å²) >= 11 is 3.34. The van der Waals surface area contributed by atoms with Crippen molar-refractivity contribution in [2.75, 3.05) is 0 Å². The van der Waals surface area contributed by atoms with Gasteiger partial charge in [0.1, 0.15) is 0 Å². The van der Waals surface area contributed by atoms with Crippen LogP contribution in [-0.4, -0.2) is 16.7 Å². The fourth-order valence-electron chi connectivity index (χ4n) is 2.31. The Balaban J connectivity index is 1.95. The summed E-state index contributed by atoms with van der Waals surface area (Å²) < 4.78 is 0.908. The Labute approximate surface area is 129 Å². The van der Waals surface area contributed by atoms with Crippen LogP contribution in [0.3, 0.4) is 0 Å². The summed E-state index contributed by atoms with van der Waals surface area (Å²) in [5.74, 6) is 0. The lowest BCUT2D eigenvalue weighted by molar-refractivity contribution is -0.512. The van der Waals surface area contributed by atoms with Gasteiger partial charge < -0.3 is 4.84 Å². The highest BCUT2D eigenvalue weighted by Gasteiger charge is 2.45. The van der Waals surface area contributed by atoms with Gasteiger partial charge in [-0.05, 0) is 12.1 Å². The molecule has 0 bridgehead atoms. The standard InChI is InChI=1S/C15H11BrN2O3/c16-12-8-6-11(7-9-12)15-14(18(19)20)13(17-21-15)10-4-2-1-3-5-10/h1-9,14-15H. The third kappa shape index (κ3) is 2.67. The first-order chi connectivity index (χ1) is 10.2. The van der Waals surface area contributed by atoms with Gasteiger partial charge in [-0.15, -0.1) is 0 Å². The zero-order valence-electron chi connectivity index (χ0n) is 10.8. The Morgan fingerprint density at radius 3 is 2.38 bits per heavy atom. The lowest BCUT2D eigenvalue weighted by atomic mass is 9.95. The summed E-state index contributed by atoms with van der Waals surface area (Å²) in [4.78, 5) is 16.5. The number of nitro groups is 1. The molecule has 0 aliphatic carbocycles. The van der Waals surface area contributed by atoms with Crippen molar-refractivity contribution in [3.05, 3.63) is 80.3 Å². The van der Waals surface area contributed by atoms with Crippen molar-refractivity contribution in [1.82, 2.24) is 0 Å². The van der Waals surface area contributed by atoms with E-state index >= 15 is 0 Å². The van der Waals surface area contributed by atoms with E-state index in [0.717, 1.165) is 10.0 Å². The molecule has 1 aliphatic rings. The van der Waals surface area contributed by atoms with E-state index in [9.17, 15) is 10.1 Å². The molecule has 2 unspecified atom stereocenters. The number of oxime groups is 1. The molecule has 1 heterocycles. The van der Waals surface area contributed by atoms with E-state index in [2.05, 4.69) is 21.1 Å². The van der Waals surface area contributed by atoms with Gasteiger partial charge in [-0.3, -0.25) is 10.1 Å². The molecular formula is C15H11BrN2O3. The fourth-order valence-corrected chi connectivity index (χ4v) is 2.57. The highest BCUT2D eigenvalue weighted by Crippen LogP contribution is 2.32. The van der Waals surface area contributed by atoms with Crippen LogP contribution in [0.1, 0.15) is 17.2 Å². The van der Waals surface area contributed by atoms with Crippen molar-refractivity contribution in [2.24, 2.45) is 5.16 Å². The zero-order valence-corrected chi connectivity index (χ0v) is 12.4. The van der Waals surface area contributed by atoms with Crippen LogP contribution in [-0.2, 0) is 4.84 Å². The van der Waals surface area contributed by atoms with E-state index in [1.54, 1.807) is 24.3 Å². The van der Waals surface area contributed by atoms with Crippen LogP contribution in [0, 0.1) is 10.1 Å². The second-order valence-electron chi connectivity index (χ2n) is 4.65. The van der Waals surface area contributed by atoms with Crippen LogP contribution < -0.4 is 0 Å². The monoisotopic (exact) mass is 346 g/mol. The molecule has 0 saturated heterocycles. The average Bonchev–Trinajstić information content (AvgIpc) is 2.94. The molecule has 3 rings (SSSR count). The maximum Gasteiger partial charge on any atom is 0.301 e. The Kier molecular flexibility index (Phi) is 3.70. The topological polar surface area (TPSA) is 64.7 Å². The van der Waals surface area contributed by atoms with Crippen LogP contribution in [0.4, 0.5) is 0 Å². The minimum absolute atomic E-state index is 0.342. The predicted octanol–water partition coefficient (Wildman–Crippen LogP) is 3.57. The predicted molar refractivity (Wildman–Crippen MR) is 81.7 cm³/mol. The normalized spacial score (nSPS) is 20.7. The molecule has 0 spiro atoms. The van der Waals surface area contributed by atoms with Crippen LogP contribution in [0.5, 0.6) is 0 Å². The average molecular weight is 347 g/mol. The molecule has 1 aliphatic heterocycles. The Bertz CT molecular complexity index is 686. The van der Waals surface area contributed by atoms with Gasteiger partial charge in [0.05, 0.1) is 0 Å². The van der Waals surface area contributed by atoms with Crippen molar-refractivity contribution < 1.29 is 9.76 Å². The first kappa shape index (κ1) is 13.8. The van der Waals surface area contributed by atoms with Crippen LogP contribution in [0.25, 0.3) is 0 Å². The van der Waals surface area contributed by atoms with Gasteiger partial charge in [-0.1, -0.05) is 63.6 Å². The van der Waals surface area contributed by atoms with Gasteiger partial charge in [0.15, 0.2) is 5.71 Å². The summed E-state index contributed by atoms with van der Waals surface area (Å²) in [5.41, 5.74) is 1.79. The molecular weight excluding hydrogens is 336 g/mol. The quantitative estimate of drug-likeness (QED) is 0.630. The van der Waals surface area contributed by atoms with E-state index in [1.807, 2.05) is 30.3 Å². The number of halogens is 1. The fraction of sp³-hybridized carbons (Fsp3) is 0.133. The van der Waals surface area contributed by atoms with Crippen molar-refractivity contribution in [3.8, 4) is 0 Å². The molecule has 5 nitrogen and oxygen atoms in total. The molecule has 6 heteroatoms. The lowest BCUT2D eigenvalue weighted by Crippen LogP contribution is -2.32. The zero-order chi connectivity index (χ0) is 14.8. The van der Waals surface area contributed by atoms with Gasteiger partial charge in [-0.25, -0.2) is 0 Å².